The maximum Gasteiger partial charge on any atom is 0.343 e. The molecule has 1 rings (SSSR count). The Balaban J connectivity index is 2.79. The lowest BCUT2D eigenvalue weighted by molar-refractivity contribution is -0.138. The fourth-order valence-corrected chi connectivity index (χ4v) is 1.43. The van der Waals surface area contributed by atoms with E-state index in [9.17, 15) is 9.59 Å². The first kappa shape index (κ1) is 13.9. The molecule has 0 bridgehead atoms. The lowest BCUT2D eigenvalue weighted by Crippen LogP contribution is -2.34. The number of nitrogens with two attached hydrogens (primary N) is 2. The lowest BCUT2D eigenvalue weighted by Gasteiger charge is -2.17. The van der Waals surface area contributed by atoms with E-state index in [0.29, 0.717) is 5.69 Å². The zero-order valence-corrected chi connectivity index (χ0v) is 9.87. The summed E-state index contributed by atoms with van der Waals surface area (Å²) in [5.41, 5.74) is 11.7. The largest absolute Gasteiger partial charge is 0.480 e. The Morgan fingerprint density at radius 1 is 1.39 bits per heavy atom. The van der Waals surface area contributed by atoms with Gasteiger partial charge in [0.25, 0.3) is 0 Å². The van der Waals surface area contributed by atoms with Crippen molar-refractivity contribution in [1.82, 2.24) is 0 Å². The Kier molecular flexibility index (Phi) is 4.64. The van der Waals surface area contributed by atoms with Crippen LogP contribution in [0.4, 0.5) is 10.5 Å². The van der Waals surface area contributed by atoms with E-state index >= 15 is 0 Å². The van der Waals surface area contributed by atoms with Crippen LogP contribution in [-0.2, 0) is 16.1 Å². The summed E-state index contributed by atoms with van der Waals surface area (Å²) < 4.78 is 0. The van der Waals surface area contributed by atoms with E-state index in [0.717, 1.165) is 10.6 Å². The fraction of sp³-hybridized carbons (Fsp3) is 0.273. The van der Waals surface area contributed by atoms with Crippen molar-refractivity contribution in [3.63, 3.8) is 0 Å². The highest BCUT2D eigenvalue weighted by Crippen LogP contribution is 2.15. The number of carbonyl (C=O) groups is 2. The lowest BCUT2D eigenvalue weighted by atomic mass is 10.1. The quantitative estimate of drug-likeness (QED) is 0.642. The first-order valence-corrected chi connectivity index (χ1v) is 5.16. The molecule has 0 heterocycles. The summed E-state index contributed by atoms with van der Waals surface area (Å²) in [7, 11) is 1.32. The van der Waals surface area contributed by atoms with Gasteiger partial charge >= 0.3 is 12.0 Å². The normalized spacial score (nSPS) is 11.9. The Morgan fingerprint density at radius 3 is 2.33 bits per heavy atom. The number of amides is 2. The molecule has 0 saturated carbocycles. The van der Waals surface area contributed by atoms with E-state index in [1.165, 1.54) is 7.11 Å². The molecule has 5 N–H and O–H groups in total. The van der Waals surface area contributed by atoms with Gasteiger partial charge in [-0.15, -0.1) is 0 Å². The number of rotatable bonds is 5. The van der Waals surface area contributed by atoms with E-state index in [-0.39, 0.29) is 6.42 Å². The third-order valence-electron chi connectivity index (χ3n) is 2.33. The minimum atomic E-state index is -1.06. The van der Waals surface area contributed by atoms with Crippen LogP contribution in [0.1, 0.15) is 5.56 Å². The second-order valence-electron chi connectivity index (χ2n) is 3.63. The number of hydrogen-bond acceptors (Lipinski definition) is 4. The van der Waals surface area contributed by atoms with Crippen LogP contribution in [0.3, 0.4) is 0 Å². The Bertz CT molecular complexity index is 432. The summed E-state index contributed by atoms with van der Waals surface area (Å²) >= 11 is 0. The third kappa shape index (κ3) is 3.44. The molecule has 0 spiro atoms. The van der Waals surface area contributed by atoms with Gasteiger partial charge in [0.1, 0.15) is 6.04 Å². The second kappa shape index (κ2) is 5.99. The van der Waals surface area contributed by atoms with Crippen molar-refractivity contribution < 1.29 is 19.5 Å². The van der Waals surface area contributed by atoms with Crippen LogP contribution >= 0.6 is 0 Å². The van der Waals surface area contributed by atoms with Crippen molar-refractivity contribution in [2.75, 3.05) is 12.2 Å². The molecule has 1 atom stereocenters. The van der Waals surface area contributed by atoms with E-state index in [4.69, 9.17) is 21.4 Å². The monoisotopic (exact) mass is 253 g/mol. The molecule has 18 heavy (non-hydrogen) atoms. The molecular weight excluding hydrogens is 238 g/mol. The summed E-state index contributed by atoms with van der Waals surface area (Å²) in [4.78, 5) is 26.4. The predicted octanol–water partition coefficient (Wildman–Crippen LogP) is 0.0875. The average Bonchev–Trinajstić information content (AvgIpc) is 2.31. The number of hydroxylamine groups is 1. The predicted molar refractivity (Wildman–Crippen MR) is 64.8 cm³/mol. The van der Waals surface area contributed by atoms with E-state index in [2.05, 4.69) is 0 Å². The van der Waals surface area contributed by atoms with Gasteiger partial charge in [0.15, 0.2) is 0 Å². The summed E-state index contributed by atoms with van der Waals surface area (Å²) in [5.74, 6) is -1.06. The number of carboxylic acid groups (broad SMARTS) is 1. The van der Waals surface area contributed by atoms with Gasteiger partial charge in [-0.1, -0.05) is 12.1 Å². The molecule has 0 fully saturated rings. The van der Waals surface area contributed by atoms with Crippen molar-refractivity contribution >= 4 is 17.7 Å². The maximum absolute atomic E-state index is 11.0. The molecule has 1 aromatic carbocycles. The molecule has 0 aliphatic rings. The highest BCUT2D eigenvalue weighted by atomic mass is 16.7. The van der Waals surface area contributed by atoms with Crippen LogP contribution in [0.25, 0.3) is 0 Å². The van der Waals surface area contributed by atoms with Crippen molar-refractivity contribution in [3.05, 3.63) is 29.8 Å². The van der Waals surface area contributed by atoms with Crippen molar-refractivity contribution in [2.45, 2.75) is 12.5 Å². The molecule has 0 aliphatic carbocycles. The summed E-state index contributed by atoms with van der Waals surface area (Å²) in [6.45, 7) is 0. The maximum atomic E-state index is 11.0. The van der Waals surface area contributed by atoms with Crippen molar-refractivity contribution in [3.8, 4) is 0 Å². The minimum absolute atomic E-state index is 0.208. The number of carbonyl (C=O) groups excluding carboxylic acids is 1. The third-order valence-corrected chi connectivity index (χ3v) is 2.33. The number of nitrogens with zero attached hydrogens (tertiary/aromatic N) is 1. The topological polar surface area (TPSA) is 119 Å². The standard InChI is InChI=1S/C11H15N3O4/c1-18-14(11(13)17)8-4-2-7(3-5-8)6-9(12)10(15)16/h2-5,9H,6,12H2,1H3,(H2,13,17)(H,15,16). The van der Waals surface area contributed by atoms with Gasteiger partial charge in [0.2, 0.25) is 0 Å². The number of urea groups is 1. The SMILES string of the molecule is CON(C(N)=O)c1ccc(CC(N)C(=O)O)cc1. The van der Waals surface area contributed by atoms with Gasteiger partial charge in [-0.25, -0.2) is 4.79 Å². The number of carboxylic acids is 1. The second-order valence-corrected chi connectivity index (χ2v) is 3.63. The smallest absolute Gasteiger partial charge is 0.343 e. The first-order chi connectivity index (χ1) is 8.45. The first-order valence-electron chi connectivity index (χ1n) is 5.16. The highest BCUT2D eigenvalue weighted by molar-refractivity contribution is 5.88. The van der Waals surface area contributed by atoms with Crippen LogP contribution in [0.15, 0.2) is 24.3 Å². The van der Waals surface area contributed by atoms with Crippen LogP contribution in [-0.4, -0.2) is 30.3 Å². The number of benzene rings is 1. The average molecular weight is 253 g/mol. The molecule has 0 aromatic heterocycles. The Hall–Kier alpha value is -2.12. The number of anilines is 1. The molecule has 0 aliphatic heterocycles. The molecule has 7 nitrogen and oxygen atoms in total. The van der Waals surface area contributed by atoms with Gasteiger partial charge in [-0.05, 0) is 24.1 Å². The van der Waals surface area contributed by atoms with Gasteiger partial charge in [0, 0.05) is 0 Å². The summed E-state index contributed by atoms with van der Waals surface area (Å²) in [6.07, 6.45) is 0.208. The van der Waals surface area contributed by atoms with Crippen LogP contribution < -0.4 is 16.5 Å². The number of aliphatic carboxylic acids is 1. The molecule has 7 heteroatoms. The van der Waals surface area contributed by atoms with Gasteiger partial charge in [0.05, 0.1) is 12.8 Å². The highest BCUT2D eigenvalue weighted by Gasteiger charge is 2.14. The number of hydrogen-bond donors (Lipinski definition) is 3. The zero-order valence-electron chi connectivity index (χ0n) is 9.87. The van der Waals surface area contributed by atoms with Gasteiger partial charge < -0.3 is 16.6 Å². The molecule has 1 aromatic rings. The van der Waals surface area contributed by atoms with Crippen molar-refractivity contribution in [2.24, 2.45) is 11.5 Å². The van der Waals surface area contributed by atoms with E-state index in [1.807, 2.05) is 0 Å². The fourth-order valence-electron chi connectivity index (χ4n) is 1.43. The summed E-state index contributed by atoms with van der Waals surface area (Å²) in [6, 6.07) is 4.81. The molecule has 1 unspecified atom stereocenters. The van der Waals surface area contributed by atoms with E-state index in [1.54, 1.807) is 24.3 Å². The van der Waals surface area contributed by atoms with Gasteiger partial charge in [-0.2, -0.15) is 5.06 Å². The molecule has 98 valence electrons. The van der Waals surface area contributed by atoms with E-state index < -0.39 is 18.0 Å². The van der Waals surface area contributed by atoms with Crippen LogP contribution in [0.2, 0.25) is 0 Å². The van der Waals surface area contributed by atoms with Crippen LogP contribution in [0.5, 0.6) is 0 Å². The Morgan fingerprint density at radius 2 is 1.94 bits per heavy atom. The molecule has 2 amide bonds. The van der Waals surface area contributed by atoms with Crippen molar-refractivity contribution in [1.29, 1.82) is 0 Å². The molecule has 0 radical (unpaired) electrons. The van der Waals surface area contributed by atoms with Crippen LogP contribution in [0, 0.1) is 0 Å². The molecular formula is C11H15N3O4. The molecule has 0 saturated heterocycles. The van der Waals surface area contributed by atoms with Gasteiger partial charge in [-0.3, -0.25) is 9.63 Å². The summed E-state index contributed by atoms with van der Waals surface area (Å²) in [5, 5.41) is 9.60. The number of primary amides is 1. The zero-order chi connectivity index (χ0) is 13.7. The Labute approximate surface area is 104 Å². The minimum Gasteiger partial charge on any atom is -0.480 e.